The maximum Gasteiger partial charge on any atom is 0.335 e. The number of hydrogen-bond donors (Lipinski definition) is 2. The minimum absolute atomic E-state index is 0.0705. The van der Waals surface area contributed by atoms with E-state index in [1.165, 1.54) is 12.1 Å². The maximum atomic E-state index is 14.5. The van der Waals surface area contributed by atoms with Gasteiger partial charge in [0.05, 0.1) is 16.6 Å². The molecule has 2 N–H and O–H groups in total. The average Bonchev–Trinajstić information content (AvgIpc) is 3.24. The quantitative estimate of drug-likeness (QED) is 0.268. The van der Waals surface area contributed by atoms with Gasteiger partial charge in [-0.1, -0.05) is 30.9 Å². The van der Waals surface area contributed by atoms with Gasteiger partial charge in [-0.05, 0) is 73.7 Å². The first-order valence-electron chi connectivity index (χ1n) is 12.5. The second-order valence-corrected chi connectivity index (χ2v) is 10.2. The number of amides is 1. The Morgan fingerprint density at radius 2 is 1.71 bits per heavy atom. The minimum Gasteiger partial charge on any atom is -0.478 e. The molecule has 0 saturated heterocycles. The number of carboxylic acid groups (broad SMARTS) is 1. The van der Waals surface area contributed by atoms with Crippen LogP contribution in [0.1, 0.15) is 54.1 Å². The van der Waals surface area contributed by atoms with E-state index in [1.807, 2.05) is 0 Å². The molecule has 1 unspecified atom stereocenters. The predicted molar refractivity (Wildman–Crippen MR) is 142 cm³/mol. The number of rotatable bonds is 6. The lowest BCUT2D eigenvalue weighted by Crippen LogP contribution is -2.34. The van der Waals surface area contributed by atoms with Crippen molar-refractivity contribution in [2.24, 2.45) is 5.92 Å². The molecule has 0 radical (unpaired) electrons. The number of hydrogen-bond acceptors (Lipinski definition) is 3. The Morgan fingerprint density at radius 3 is 2.37 bits per heavy atom. The van der Waals surface area contributed by atoms with Crippen LogP contribution in [0.3, 0.4) is 0 Å². The van der Waals surface area contributed by atoms with Crippen LogP contribution in [0.5, 0.6) is 0 Å². The van der Waals surface area contributed by atoms with Crippen molar-refractivity contribution in [1.29, 1.82) is 0 Å². The summed E-state index contributed by atoms with van der Waals surface area (Å²) in [5, 5.41) is 12.8. The Bertz CT molecular complexity index is 1530. The number of aryl methyl sites for hydroxylation is 1. The van der Waals surface area contributed by atoms with Gasteiger partial charge in [0.15, 0.2) is 11.6 Å². The van der Waals surface area contributed by atoms with Crippen molar-refractivity contribution in [3.8, 4) is 11.4 Å². The molecule has 9 heteroatoms. The number of carbonyl (C=O) groups excluding carboxylic acids is 1. The van der Waals surface area contributed by atoms with Crippen molar-refractivity contribution in [3.63, 3.8) is 0 Å². The molecule has 1 aromatic heterocycles. The van der Waals surface area contributed by atoms with Crippen molar-refractivity contribution >= 4 is 40.2 Å². The zero-order valence-corrected chi connectivity index (χ0v) is 21.4. The van der Waals surface area contributed by atoms with Gasteiger partial charge >= 0.3 is 5.97 Å². The van der Waals surface area contributed by atoms with E-state index in [0.717, 1.165) is 44.2 Å². The molecule has 1 amide bonds. The van der Waals surface area contributed by atoms with Crippen LogP contribution < -0.4 is 5.32 Å². The fourth-order valence-corrected chi connectivity index (χ4v) is 5.44. The molecule has 1 heterocycles. The third kappa shape index (κ3) is 5.00. The number of nitrogens with zero attached hydrogens (tertiary/aromatic N) is 2. The molecular formula is C29H26ClF2N3O3. The van der Waals surface area contributed by atoms with E-state index in [0.29, 0.717) is 33.2 Å². The summed E-state index contributed by atoms with van der Waals surface area (Å²) in [5.74, 6) is -3.09. The summed E-state index contributed by atoms with van der Waals surface area (Å²) in [7, 11) is 0. The van der Waals surface area contributed by atoms with Crippen molar-refractivity contribution in [2.75, 3.05) is 5.32 Å². The third-order valence-electron chi connectivity index (χ3n) is 7.21. The van der Waals surface area contributed by atoms with Crippen LogP contribution in [0.15, 0.2) is 54.6 Å². The first-order valence-corrected chi connectivity index (χ1v) is 12.9. The largest absolute Gasteiger partial charge is 0.478 e. The van der Waals surface area contributed by atoms with E-state index in [4.69, 9.17) is 11.6 Å². The summed E-state index contributed by atoms with van der Waals surface area (Å²) in [6, 6.07) is 12.8. The predicted octanol–water partition coefficient (Wildman–Crippen LogP) is 7.40. The van der Waals surface area contributed by atoms with Gasteiger partial charge in [-0.15, -0.1) is 0 Å². The van der Waals surface area contributed by atoms with Crippen LogP contribution in [0.4, 0.5) is 14.5 Å². The Balaban J connectivity index is 1.67. The van der Waals surface area contributed by atoms with E-state index < -0.39 is 23.6 Å². The van der Waals surface area contributed by atoms with E-state index in [9.17, 15) is 23.5 Å². The van der Waals surface area contributed by atoms with Gasteiger partial charge in [0, 0.05) is 28.4 Å². The summed E-state index contributed by atoms with van der Waals surface area (Å²) in [4.78, 5) is 30.0. The Hall–Kier alpha value is -3.78. The van der Waals surface area contributed by atoms with Crippen molar-refractivity contribution < 1.29 is 23.5 Å². The topological polar surface area (TPSA) is 84.2 Å². The van der Waals surface area contributed by atoms with Gasteiger partial charge in [-0.2, -0.15) is 0 Å². The van der Waals surface area contributed by atoms with E-state index in [-0.39, 0.29) is 22.9 Å². The zero-order valence-electron chi connectivity index (χ0n) is 20.7. The number of anilines is 1. The molecule has 1 aliphatic rings. The number of aromatic carboxylic acids is 1. The Morgan fingerprint density at radius 1 is 1.03 bits per heavy atom. The first kappa shape index (κ1) is 25.9. The lowest BCUT2D eigenvalue weighted by Gasteiger charge is -2.32. The molecule has 0 aliphatic heterocycles. The lowest BCUT2D eigenvalue weighted by molar-refractivity contribution is -0.121. The maximum absolute atomic E-state index is 14.5. The molecule has 4 aromatic rings. The number of carbonyl (C=O) groups is 2. The second kappa shape index (κ2) is 10.5. The van der Waals surface area contributed by atoms with Crippen molar-refractivity contribution in [3.05, 3.63) is 82.4 Å². The summed E-state index contributed by atoms with van der Waals surface area (Å²) < 4.78 is 30.5. The molecule has 1 atom stereocenters. The van der Waals surface area contributed by atoms with Crippen LogP contribution >= 0.6 is 11.6 Å². The van der Waals surface area contributed by atoms with Gasteiger partial charge in [-0.25, -0.2) is 18.6 Å². The highest BCUT2D eigenvalue weighted by atomic mass is 35.5. The highest BCUT2D eigenvalue weighted by Gasteiger charge is 2.35. The summed E-state index contributed by atoms with van der Waals surface area (Å²) >= 11 is 6.10. The summed E-state index contributed by atoms with van der Waals surface area (Å²) in [6.45, 7) is 1.72. The fraction of sp³-hybridized carbons (Fsp3) is 0.276. The van der Waals surface area contributed by atoms with E-state index >= 15 is 0 Å². The van der Waals surface area contributed by atoms with Crippen molar-refractivity contribution in [1.82, 2.24) is 9.55 Å². The number of benzene rings is 3. The zero-order chi connectivity index (χ0) is 27.0. The SMILES string of the molecule is Cc1cc(C(=O)O)ccc1NC(=O)C(C1CCCCC1)n1c(-c2ccc(Cl)cc2)nc2cc(F)c(F)cc21. The average molecular weight is 538 g/mol. The molecular weight excluding hydrogens is 512 g/mol. The molecule has 3 aromatic carbocycles. The highest BCUT2D eigenvalue weighted by molar-refractivity contribution is 6.30. The number of imidazole rings is 1. The number of fused-ring (bicyclic) bond motifs is 1. The number of aromatic nitrogens is 2. The first-order chi connectivity index (χ1) is 18.2. The van der Waals surface area contributed by atoms with Crippen molar-refractivity contribution in [2.45, 2.75) is 45.1 Å². The number of nitrogens with one attached hydrogen (secondary N) is 1. The van der Waals surface area contributed by atoms with E-state index in [2.05, 4.69) is 10.3 Å². The smallest absolute Gasteiger partial charge is 0.335 e. The third-order valence-corrected chi connectivity index (χ3v) is 7.46. The molecule has 196 valence electrons. The highest BCUT2D eigenvalue weighted by Crippen LogP contribution is 2.39. The molecule has 1 saturated carbocycles. The molecule has 0 bridgehead atoms. The van der Waals surface area contributed by atoms with Crippen LogP contribution in [0.2, 0.25) is 5.02 Å². The van der Waals surface area contributed by atoms with Gasteiger partial charge in [0.2, 0.25) is 5.91 Å². The summed E-state index contributed by atoms with van der Waals surface area (Å²) in [6.07, 6.45) is 4.55. The summed E-state index contributed by atoms with van der Waals surface area (Å²) in [5.41, 5.74) is 2.41. The van der Waals surface area contributed by atoms with Gasteiger partial charge in [0.1, 0.15) is 11.9 Å². The molecule has 1 fully saturated rings. The van der Waals surface area contributed by atoms with Gasteiger partial charge in [0.25, 0.3) is 0 Å². The van der Waals surface area contributed by atoms with Crippen LogP contribution in [-0.4, -0.2) is 26.5 Å². The molecule has 0 spiro atoms. The van der Waals surface area contributed by atoms with Crippen LogP contribution in [0.25, 0.3) is 22.4 Å². The molecule has 1 aliphatic carbocycles. The minimum atomic E-state index is -1.06. The monoisotopic (exact) mass is 537 g/mol. The lowest BCUT2D eigenvalue weighted by atomic mass is 9.83. The molecule has 5 rings (SSSR count). The number of halogens is 3. The van der Waals surface area contributed by atoms with Gasteiger partial charge < -0.3 is 15.0 Å². The Labute approximate surface area is 223 Å². The standard InChI is InChI=1S/C29H26ClF2N3O3/c1-16-13-19(29(37)38)9-12-23(16)34-28(36)26(17-5-3-2-4-6-17)35-25-15-22(32)21(31)14-24(25)33-27(35)18-7-10-20(30)11-8-18/h7-15,17,26H,2-6H2,1H3,(H,34,36)(H,37,38). The molecule has 38 heavy (non-hydrogen) atoms. The fourth-order valence-electron chi connectivity index (χ4n) is 5.31. The van der Waals surface area contributed by atoms with Crippen LogP contribution in [-0.2, 0) is 4.79 Å². The normalized spacial score (nSPS) is 14.9. The number of carboxylic acids is 1. The Kier molecular flexibility index (Phi) is 7.17. The van der Waals surface area contributed by atoms with Gasteiger partial charge in [-0.3, -0.25) is 4.79 Å². The van der Waals surface area contributed by atoms with Crippen LogP contribution in [0, 0.1) is 24.5 Å². The molecule has 6 nitrogen and oxygen atoms in total. The second-order valence-electron chi connectivity index (χ2n) is 9.73. The van der Waals surface area contributed by atoms with E-state index in [1.54, 1.807) is 41.8 Å².